The Labute approximate surface area is 149 Å². The predicted octanol–water partition coefficient (Wildman–Crippen LogP) is 3.21. The van der Waals surface area contributed by atoms with Gasteiger partial charge in [0.1, 0.15) is 5.01 Å². The Bertz CT molecular complexity index is 631. The second-order valence-electron chi connectivity index (χ2n) is 8.01. The minimum atomic E-state index is 0.264. The van der Waals surface area contributed by atoms with E-state index in [2.05, 4.69) is 48.8 Å². The van der Waals surface area contributed by atoms with Gasteiger partial charge in [-0.2, -0.15) is 0 Å². The summed E-state index contributed by atoms with van der Waals surface area (Å²) in [4.78, 5) is 9.83. The second kappa shape index (κ2) is 7.48. The Morgan fingerprint density at radius 1 is 1.25 bits per heavy atom. The van der Waals surface area contributed by atoms with E-state index in [1.807, 2.05) is 6.07 Å². The van der Waals surface area contributed by atoms with Crippen LogP contribution in [0.3, 0.4) is 0 Å². The lowest BCUT2D eigenvalue weighted by atomic mass is 9.94. The van der Waals surface area contributed by atoms with E-state index in [9.17, 15) is 5.11 Å². The molecule has 0 amide bonds. The number of aliphatic hydroxyl groups excluding tert-OH is 1. The Balaban J connectivity index is 1.65. The zero-order valence-electron chi connectivity index (χ0n) is 15.0. The van der Waals surface area contributed by atoms with Gasteiger partial charge in [-0.25, -0.2) is 4.98 Å². The molecular formula is C19H29N3OS. The number of para-hydroxylation sites is 1. The Morgan fingerprint density at radius 3 is 2.75 bits per heavy atom. The highest BCUT2D eigenvalue weighted by Crippen LogP contribution is 2.25. The minimum absolute atomic E-state index is 0.264. The monoisotopic (exact) mass is 347 g/mol. The highest BCUT2D eigenvalue weighted by molar-refractivity contribution is 7.18. The van der Waals surface area contributed by atoms with E-state index in [0.29, 0.717) is 11.5 Å². The van der Waals surface area contributed by atoms with Crippen molar-refractivity contribution in [3.8, 4) is 0 Å². The van der Waals surface area contributed by atoms with Crippen LogP contribution in [0.1, 0.15) is 32.2 Å². The largest absolute Gasteiger partial charge is 0.396 e. The van der Waals surface area contributed by atoms with Crippen LogP contribution in [0.2, 0.25) is 0 Å². The van der Waals surface area contributed by atoms with Gasteiger partial charge in [-0.1, -0.05) is 32.9 Å². The average Bonchev–Trinajstić information content (AvgIpc) is 2.91. The second-order valence-corrected chi connectivity index (χ2v) is 9.12. The van der Waals surface area contributed by atoms with E-state index < -0.39 is 0 Å². The summed E-state index contributed by atoms with van der Waals surface area (Å²) in [6, 6.07) is 8.80. The van der Waals surface area contributed by atoms with Crippen molar-refractivity contribution in [3.05, 3.63) is 29.3 Å². The summed E-state index contributed by atoms with van der Waals surface area (Å²) in [5, 5.41) is 10.6. The Morgan fingerprint density at radius 2 is 2.04 bits per heavy atom. The maximum atomic E-state index is 9.45. The molecule has 1 aliphatic heterocycles. The summed E-state index contributed by atoms with van der Waals surface area (Å²) in [5.74, 6) is 0. The molecule has 0 saturated carbocycles. The van der Waals surface area contributed by atoms with E-state index in [0.717, 1.165) is 44.7 Å². The number of hydrogen-bond donors (Lipinski definition) is 1. The summed E-state index contributed by atoms with van der Waals surface area (Å²) in [6.07, 6.45) is 0.854. The first-order chi connectivity index (χ1) is 11.4. The van der Waals surface area contributed by atoms with Crippen LogP contribution in [0.15, 0.2) is 24.3 Å². The van der Waals surface area contributed by atoms with Crippen LogP contribution < -0.4 is 0 Å². The molecule has 0 unspecified atom stereocenters. The molecule has 1 saturated heterocycles. The fourth-order valence-electron chi connectivity index (χ4n) is 3.52. The van der Waals surface area contributed by atoms with Gasteiger partial charge in [0.05, 0.1) is 16.8 Å². The van der Waals surface area contributed by atoms with Crippen LogP contribution in [-0.4, -0.2) is 58.7 Å². The molecule has 0 bridgehead atoms. The number of aromatic nitrogens is 1. The van der Waals surface area contributed by atoms with Gasteiger partial charge in [0.25, 0.3) is 0 Å². The number of aliphatic hydroxyl groups is 1. The van der Waals surface area contributed by atoms with Gasteiger partial charge in [0.2, 0.25) is 0 Å². The molecule has 4 nitrogen and oxygen atoms in total. The number of rotatable bonds is 5. The van der Waals surface area contributed by atoms with Crippen molar-refractivity contribution in [1.82, 2.24) is 14.8 Å². The van der Waals surface area contributed by atoms with Gasteiger partial charge in [0, 0.05) is 38.8 Å². The lowest BCUT2D eigenvalue weighted by molar-refractivity contribution is 0.0340. The van der Waals surface area contributed by atoms with Crippen molar-refractivity contribution in [2.45, 2.75) is 39.8 Å². The fourth-order valence-corrected chi connectivity index (χ4v) is 4.53. The molecule has 1 aromatic heterocycles. The normalized spacial score (nSPS) is 20.8. The third-order valence-electron chi connectivity index (χ3n) is 4.53. The van der Waals surface area contributed by atoms with E-state index in [-0.39, 0.29) is 6.61 Å². The SMILES string of the molecule is CC(C)(C)CN1CCN(Cc2nc3ccccc3s2)C[C@@H]1CCO. The molecule has 3 rings (SSSR count). The summed E-state index contributed by atoms with van der Waals surface area (Å²) in [6.45, 7) is 12.3. The van der Waals surface area contributed by atoms with E-state index >= 15 is 0 Å². The number of piperazine rings is 1. The molecule has 0 spiro atoms. The van der Waals surface area contributed by atoms with Crippen molar-refractivity contribution < 1.29 is 5.11 Å². The summed E-state index contributed by atoms with van der Waals surface area (Å²) >= 11 is 1.80. The molecule has 0 radical (unpaired) electrons. The van der Waals surface area contributed by atoms with Crippen molar-refractivity contribution in [2.24, 2.45) is 5.41 Å². The fraction of sp³-hybridized carbons (Fsp3) is 0.632. The molecule has 0 aliphatic carbocycles. The Kier molecular flexibility index (Phi) is 5.55. The maximum Gasteiger partial charge on any atom is 0.108 e. The smallest absolute Gasteiger partial charge is 0.108 e. The number of benzene rings is 1. The molecule has 2 heterocycles. The van der Waals surface area contributed by atoms with E-state index in [1.54, 1.807) is 11.3 Å². The number of nitrogens with zero attached hydrogens (tertiary/aromatic N) is 3. The van der Waals surface area contributed by atoms with Gasteiger partial charge in [-0.05, 0) is 24.0 Å². The summed E-state index contributed by atoms with van der Waals surface area (Å²) in [5.41, 5.74) is 1.40. The van der Waals surface area contributed by atoms with Gasteiger partial charge in [-0.3, -0.25) is 9.80 Å². The first-order valence-electron chi connectivity index (χ1n) is 8.86. The molecule has 2 aromatic rings. The third-order valence-corrected chi connectivity index (χ3v) is 5.55. The van der Waals surface area contributed by atoms with Crippen molar-refractivity contribution in [3.63, 3.8) is 0 Å². The summed E-state index contributed by atoms with van der Waals surface area (Å²) < 4.78 is 1.27. The van der Waals surface area contributed by atoms with Crippen LogP contribution in [-0.2, 0) is 6.54 Å². The lowest BCUT2D eigenvalue weighted by Crippen LogP contribution is -2.54. The van der Waals surface area contributed by atoms with Crippen molar-refractivity contribution in [1.29, 1.82) is 0 Å². The zero-order valence-corrected chi connectivity index (χ0v) is 15.9. The van der Waals surface area contributed by atoms with Crippen LogP contribution in [0, 0.1) is 5.41 Å². The third kappa shape index (κ3) is 4.54. The number of hydrogen-bond acceptors (Lipinski definition) is 5. The topological polar surface area (TPSA) is 39.6 Å². The van der Waals surface area contributed by atoms with Crippen molar-refractivity contribution in [2.75, 3.05) is 32.8 Å². The molecule has 132 valence electrons. The highest BCUT2D eigenvalue weighted by atomic mass is 32.1. The van der Waals surface area contributed by atoms with E-state index in [1.165, 1.54) is 9.71 Å². The molecule has 1 fully saturated rings. The summed E-state index contributed by atoms with van der Waals surface area (Å²) in [7, 11) is 0. The molecule has 1 aliphatic rings. The first-order valence-corrected chi connectivity index (χ1v) is 9.68. The first kappa shape index (κ1) is 17.8. The zero-order chi connectivity index (χ0) is 17.2. The van der Waals surface area contributed by atoms with Crippen LogP contribution in [0.25, 0.3) is 10.2 Å². The number of fused-ring (bicyclic) bond motifs is 1. The average molecular weight is 348 g/mol. The molecule has 1 N–H and O–H groups in total. The van der Waals surface area contributed by atoms with Crippen LogP contribution >= 0.6 is 11.3 Å². The van der Waals surface area contributed by atoms with Crippen molar-refractivity contribution >= 4 is 21.6 Å². The molecule has 1 atom stereocenters. The molecular weight excluding hydrogens is 318 g/mol. The maximum absolute atomic E-state index is 9.45. The lowest BCUT2D eigenvalue weighted by Gasteiger charge is -2.43. The van der Waals surface area contributed by atoms with Gasteiger partial charge < -0.3 is 5.11 Å². The number of thiazole rings is 1. The molecule has 24 heavy (non-hydrogen) atoms. The van der Waals surface area contributed by atoms with Crippen LogP contribution in [0.5, 0.6) is 0 Å². The van der Waals surface area contributed by atoms with Crippen LogP contribution in [0.4, 0.5) is 0 Å². The molecule has 5 heteroatoms. The predicted molar refractivity (Wildman–Crippen MR) is 101 cm³/mol. The quantitative estimate of drug-likeness (QED) is 0.901. The van der Waals surface area contributed by atoms with Gasteiger partial charge >= 0.3 is 0 Å². The van der Waals surface area contributed by atoms with Gasteiger partial charge in [0.15, 0.2) is 0 Å². The van der Waals surface area contributed by atoms with E-state index in [4.69, 9.17) is 4.98 Å². The standard InChI is InChI=1S/C19H29N3OS/c1-19(2,3)14-22-10-9-21(12-15(22)8-11-23)13-18-20-16-6-4-5-7-17(16)24-18/h4-7,15,23H,8-14H2,1-3H3/t15-/m0/s1. The minimum Gasteiger partial charge on any atom is -0.396 e. The Hall–Kier alpha value is -1.01. The van der Waals surface area contributed by atoms with Gasteiger partial charge in [-0.15, -0.1) is 11.3 Å². The molecule has 1 aromatic carbocycles. The highest BCUT2D eigenvalue weighted by Gasteiger charge is 2.29.